The minimum absolute atomic E-state index is 0.0258. The molecule has 0 aliphatic carbocycles. The predicted octanol–water partition coefficient (Wildman–Crippen LogP) is 2.95. The van der Waals surface area contributed by atoms with Crippen molar-refractivity contribution in [2.75, 3.05) is 7.05 Å². The maximum absolute atomic E-state index is 12.7. The summed E-state index contributed by atoms with van der Waals surface area (Å²) in [6.07, 6.45) is 3.47. The number of aromatic carboxylic acids is 1. The molecule has 1 N–H and O–H groups in total. The van der Waals surface area contributed by atoms with Crippen LogP contribution in [-0.2, 0) is 6.42 Å². The molecular weight excluding hydrogens is 348 g/mol. The Balaban J connectivity index is 1.79. The first kappa shape index (κ1) is 18.4. The van der Waals surface area contributed by atoms with Gasteiger partial charge in [0.2, 0.25) is 0 Å². The lowest BCUT2D eigenvalue weighted by Gasteiger charge is -2.24. The summed E-state index contributed by atoms with van der Waals surface area (Å²) in [7, 11) is 1.66. The van der Waals surface area contributed by atoms with Gasteiger partial charge in [0, 0.05) is 19.5 Å². The molecule has 8 nitrogen and oxygen atoms in total. The third-order valence-corrected chi connectivity index (χ3v) is 4.53. The van der Waals surface area contributed by atoms with Gasteiger partial charge in [-0.05, 0) is 24.6 Å². The van der Waals surface area contributed by atoms with Crippen LogP contribution in [0.15, 0.2) is 47.4 Å². The van der Waals surface area contributed by atoms with Gasteiger partial charge in [0.25, 0.3) is 5.91 Å². The number of rotatable bonds is 6. The lowest BCUT2D eigenvalue weighted by Crippen LogP contribution is -2.29. The van der Waals surface area contributed by atoms with Crippen molar-refractivity contribution in [3.8, 4) is 5.69 Å². The highest BCUT2D eigenvalue weighted by atomic mass is 16.4. The third kappa shape index (κ3) is 3.59. The van der Waals surface area contributed by atoms with Gasteiger partial charge in [-0.3, -0.25) is 4.79 Å². The number of benzene rings is 1. The summed E-state index contributed by atoms with van der Waals surface area (Å²) in [4.78, 5) is 29.4. The molecule has 1 atom stereocenters. The molecule has 8 heteroatoms. The number of amides is 1. The molecule has 0 aliphatic heterocycles. The fourth-order valence-corrected chi connectivity index (χ4v) is 2.80. The van der Waals surface area contributed by atoms with Crippen molar-refractivity contribution in [2.45, 2.75) is 26.3 Å². The quantitative estimate of drug-likeness (QED) is 0.718. The maximum Gasteiger partial charge on any atom is 0.339 e. The Hall–Kier alpha value is -3.42. The summed E-state index contributed by atoms with van der Waals surface area (Å²) in [5.41, 5.74) is 1.82. The zero-order valence-electron chi connectivity index (χ0n) is 15.3. The number of nitrogens with zero attached hydrogens (tertiary/aromatic N) is 4. The van der Waals surface area contributed by atoms with Crippen LogP contribution in [0.1, 0.15) is 52.1 Å². The van der Waals surface area contributed by atoms with Gasteiger partial charge in [-0.1, -0.05) is 19.1 Å². The molecule has 2 aromatic heterocycles. The van der Waals surface area contributed by atoms with Crippen molar-refractivity contribution in [3.05, 3.63) is 65.6 Å². The molecule has 0 saturated carbocycles. The number of hydrogen-bond donors (Lipinski definition) is 1. The van der Waals surface area contributed by atoms with E-state index in [9.17, 15) is 14.7 Å². The van der Waals surface area contributed by atoms with E-state index in [2.05, 4.69) is 10.1 Å². The van der Waals surface area contributed by atoms with Gasteiger partial charge in [-0.2, -0.15) is 5.10 Å². The van der Waals surface area contributed by atoms with E-state index >= 15 is 0 Å². The van der Waals surface area contributed by atoms with E-state index in [0.717, 1.165) is 11.3 Å². The number of carbonyl (C=O) groups excluding carboxylic acids is 1. The van der Waals surface area contributed by atoms with E-state index in [1.807, 2.05) is 31.2 Å². The number of hydrogen-bond acceptors (Lipinski definition) is 5. The van der Waals surface area contributed by atoms with Crippen molar-refractivity contribution in [1.29, 1.82) is 0 Å². The van der Waals surface area contributed by atoms with Crippen LogP contribution in [0, 0.1) is 0 Å². The van der Waals surface area contributed by atoms with Gasteiger partial charge in [-0.25, -0.2) is 14.5 Å². The summed E-state index contributed by atoms with van der Waals surface area (Å²) < 4.78 is 7.12. The lowest BCUT2D eigenvalue weighted by atomic mass is 10.1. The van der Waals surface area contributed by atoms with Crippen molar-refractivity contribution < 1.29 is 19.1 Å². The van der Waals surface area contributed by atoms with Crippen molar-refractivity contribution in [2.24, 2.45) is 0 Å². The van der Waals surface area contributed by atoms with Gasteiger partial charge in [0.15, 0.2) is 5.76 Å². The monoisotopic (exact) mass is 368 g/mol. The second-order valence-corrected chi connectivity index (χ2v) is 6.13. The first-order valence-electron chi connectivity index (χ1n) is 8.50. The van der Waals surface area contributed by atoms with Crippen molar-refractivity contribution >= 4 is 11.9 Å². The number of furan rings is 1. The molecule has 0 spiro atoms. The number of carboxylic acid groups (broad SMARTS) is 1. The zero-order chi connectivity index (χ0) is 19.6. The zero-order valence-corrected chi connectivity index (χ0v) is 15.3. The van der Waals surface area contributed by atoms with Gasteiger partial charge in [0.1, 0.15) is 24.0 Å². The molecule has 140 valence electrons. The fourth-order valence-electron chi connectivity index (χ4n) is 2.80. The highest BCUT2D eigenvalue weighted by Gasteiger charge is 2.25. The lowest BCUT2D eigenvalue weighted by molar-refractivity contribution is 0.0689. The topological polar surface area (TPSA) is 101 Å². The second-order valence-electron chi connectivity index (χ2n) is 6.13. The molecule has 0 saturated heterocycles. The Morgan fingerprint density at radius 2 is 2.00 bits per heavy atom. The molecule has 1 amide bonds. The number of carboxylic acids is 1. The van der Waals surface area contributed by atoms with E-state index in [0.29, 0.717) is 12.2 Å². The summed E-state index contributed by atoms with van der Waals surface area (Å²) >= 11 is 0. The molecule has 27 heavy (non-hydrogen) atoms. The molecule has 2 heterocycles. The van der Waals surface area contributed by atoms with Crippen LogP contribution < -0.4 is 0 Å². The first-order valence-corrected chi connectivity index (χ1v) is 8.50. The molecule has 3 aromatic rings. The SMILES string of the molecule is CCc1oc(C(=O)N(C)C(C)c2ccc(-n3cncn3)cc2)cc1C(=O)O. The summed E-state index contributed by atoms with van der Waals surface area (Å²) in [6, 6.07) is 8.67. The number of aryl methyl sites for hydroxylation is 1. The van der Waals surface area contributed by atoms with Crippen LogP contribution >= 0.6 is 0 Å². The summed E-state index contributed by atoms with van der Waals surface area (Å²) in [6.45, 7) is 3.67. The highest BCUT2D eigenvalue weighted by molar-refractivity contribution is 5.96. The Kier molecular flexibility index (Phi) is 5.07. The van der Waals surface area contributed by atoms with Gasteiger partial charge >= 0.3 is 5.97 Å². The van der Waals surface area contributed by atoms with E-state index in [4.69, 9.17) is 4.42 Å². The molecule has 0 radical (unpaired) electrons. The molecular formula is C19H20N4O4. The minimum Gasteiger partial charge on any atom is -0.478 e. The first-order chi connectivity index (χ1) is 12.9. The maximum atomic E-state index is 12.7. The number of carbonyl (C=O) groups is 2. The third-order valence-electron chi connectivity index (χ3n) is 4.53. The molecule has 1 unspecified atom stereocenters. The van der Waals surface area contributed by atoms with Crippen LogP contribution in [0.5, 0.6) is 0 Å². The fraction of sp³-hybridized carbons (Fsp3) is 0.263. The van der Waals surface area contributed by atoms with Gasteiger partial charge < -0.3 is 14.4 Å². The van der Waals surface area contributed by atoms with Gasteiger partial charge in [-0.15, -0.1) is 0 Å². The normalized spacial score (nSPS) is 12.0. The van der Waals surface area contributed by atoms with E-state index < -0.39 is 5.97 Å². The molecule has 0 aliphatic rings. The van der Waals surface area contributed by atoms with Crippen molar-refractivity contribution in [3.63, 3.8) is 0 Å². The Morgan fingerprint density at radius 1 is 1.30 bits per heavy atom. The molecule has 3 rings (SSSR count). The standard InChI is InChI=1S/C19H20N4O4/c1-4-16-15(19(25)26)9-17(27-16)18(24)22(3)12(2)13-5-7-14(8-6-13)23-11-20-10-21-23/h5-12H,4H2,1-3H3,(H,25,26). The molecule has 0 bridgehead atoms. The smallest absolute Gasteiger partial charge is 0.339 e. The minimum atomic E-state index is -1.10. The van der Waals surface area contributed by atoms with Crippen LogP contribution in [0.3, 0.4) is 0 Å². The van der Waals surface area contributed by atoms with Crippen molar-refractivity contribution in [1.82, 2.24) is 19.7 Å². The number of aromatic nitrogens is 3. The summed E-state index contributed by atoms with van der Waals surface area (Å²) in [5.74, 6) is -1.15. The summed E-state index contributed by atoms with van der Waals surface area (Å²) in [5, 5.41) is 13.3. The predicted molar refractivity (Wildman–Crippen MR) is 96.9 cm³/mol. The average molecular weight is 368 g/mol. The average Bonchev–Trinajstić information content (AvgIpc) is 3.36. The van der Waals surface area contributed by atoms with Gasteiger partial charge in [0.05, 0.1) is 11.7 Å². The Morgan fingerprint density at radius 3 is 2.52 bits per heavy atom. The molecule has 1 aromatic carbocycles. The van der Waals surface area contributed by atoms with E-state index in [1.165, 1.54) is 17.3 Å². The van der Waals surface area contributed by atoms with E-state index in [-0.39, 0.29) is 23.3 Å². The second kappa shape index (κ2) is 7.45. The largest absolute Gasteiger partial charge is 0.478 e. The highest BCUT2D eigenvalue weighted by Crippen LogP contribution is 2.24. The molecule has 0 fully saturated rings. The Labute approximate surface area is 156 Å². The van der Waals surface area contributed by atoms with Crippen LogP contribution in [0.4, 0.5) is 0 Å². The van der Waals surface area contributed by atoms with Crippen LogP contribution in [-0.4, -0.2) is 43.7 Å². The Bertz CT molecular complexity index is 945. The van der Waals surface area contributed by atoms with Crippen LogP contribution in [0.2, 0.25) is 0 Å². The van der Waals surface area contributed by atoms with E-state index in [1.54, 1.807) is 25.0 Å². The van der Waals surface area contributed by atoms with Crippen LogP contribution in [0.25, 0.3) is 5.69 Å².